The standard InChI is InChI=1S/C13H24N2O/c1-2-13(16-9-1)10-15-7-5-12(6-8-15)14-11-3-4-11/h11-14H,1-10H2. The lowest BCUT2D eigenvalue weighted by atomic mass is 10.0. The minimum Gasteiger partial charge on any atom is -0.377 e. The van der Waals surface area contributed by atoms with Crippen molar-refractivity contribution >= 4 is 0 Å². The van der Waals surface area contributed by atoms with Gasteiger partial charge in [0.15, 0.2) is 0 Å². The van der Waals surface area contributed by atoms with Gasteiger partial charge in [-0.3, -0.25) is 0 Å². The summed E-state index contributed by atoms with van der Waals surface area (Å²) in [7, 11) is 0. The third-order valence-corrected chi connectivity index (χ3v) is 4.12. The second-order valence-electron chi connectivity index (χ2n) is 5.65. The molecule has 3 rings (SSSR count). The Balaban J connectivity index is 1.36. The fourth-order valence-electron chi connectivity index (χ4n) is 2.94. The number of piperidine rings is 1. The Morgan fingerprint density at radius 2 is 1.75 bits per heavy atom. The molecule has 0 aromatic rings. The van der Waals surface area contributed by atoms with Crippen molar-refractivity contribution in [3.8, 4) is 0 Å². The van der Waals surface area contributed by atoms with Crippen LogP contribution in [0.2, 0.25) is 0 Å². The zero-order valence-electron chi connectivity index (χ0n) is 10.2. The lowest BCUT2D eigenvalue weighted by Gasteiger charge is -2.33. The van der Waals surface area contributed by atoms with E-state index in [0.717, 1.165) is 18.7 Å². The highest BCUT2D eigenvalue weighted by Crippen LogP contribution is 2.23. The van der Waals surface area contributed by atoms with Crippen molar-refractivity contribution in [3.63, 3.8) is 0 Å². The fraction of sp³-hybridized carbons (Fsp3) is 1.00. The molecule has 3 aliphatic rings. The van der Waals surface area contributed by atoms with E-state index in [0.29, 0.717) is 6.10 Å². The first-order valence-corrected chi connectivity index (χ1v) is 7.00. The maximum Gasteiger partial charge on any atom is 0.0702 e. The van der Waals surface area contributed by atoms with E-state index in [1.54, 1.807) is 0 Å². The van der Waals surface area contributed by atoms with Crippen LogP contribution < -0.4 is 5.32 Å². The number of rotatable bonds is 4. The van der Waals surface area contributed by atoms with Gasteiger partial charge in [-0.25, -0.2) is 0 Å². The SMILES string of the molecule is C1COC(CN2CCC(NC3CC3)CC2)C1. The Morgan fingerprint density at radius 1 is 1.00 bits per heavy atom. The summed E-state index contributed by atoms with van der Waals surface area (Å²) in [5.41, 5.74) is 0. The monoisotopic (exact) mass is 224 g/mol. The molecular weight excluding hydrogens is 200 g/mol. The molecule has 92 valence electrons. The van der Waals surface area contributed by atoms with E-state index in [1.807, 2.05) is 0 Å². The summed E-state index contributed by atoms with van der Waals surface area (Å²) >= 11 is 0. The van der Waals surface area contributed by atoms with Gasteiger partial charge in [-0.1, -0.05) is 0 Å². The number of hydrogen-bond donors (Lipinski definition) is 1. The predicted octanol–water partition coefficient (Wildman–Crippen LogP) is 1.38. The summed E-state index contributed by atoms with van der Waals surface area (Å²) in [6, 6.07) is 1.67. The molecule has 2 heterocycles. The van der Waals surface area contributed by atoms with Crippen molar-refractivity contribution in [2.45, 2.75) is 56.7 Å². The molecule has 0 amide bonds. The highest BCUT2D eigenvalue weighted by molar-refractivity contribution is 4.87. The van der Waals surface area contributed by atoms with E-state index in [2.05, 4.69) is 10.2 Å². The molecule has 1 atom stereocenters. The van der Waals surface area contributed by atoms with Crippen molar-refractivity contribution in [3.05, 3.63) is 0 Å². The number of nitrogens with zero attached hydrogens (tertiary/aromatic N) is 1. The summed E-state index contributed by atoms with van der Waals surface area (Å²) in [6.45, 7) is 4.70. The number of nitrogens with one attached hydrogen (secondary N) is 1. The van der Waals surface area contributed by atoms with Gasteiger partial charge in [0.25, 0.3) is 0 Å². The van der Waals surface area contributed by atoms with Gasteiger partial charge >= 0.3 is 0 Å². The van der Waals surface area contributed by atoms with E-state index in [4.69, 9.17) is 4.74 Å². The average molecular weight is 224 g/mol. The number of hydrogen-bond acceptors (Lipinski definition) is 3. The van der Waals surface area contributed by atoms with Crippen LogP contribution in [-0.4, -0.2) is 49.3 Å². The molecule has 1 aliphatic carbocycles. The molecule has 0 aromatic heterocycles. The number of ether oxygens (including phenoxy) is 1. The zero-order chi connectivity index (χ0) is 10.8. The molecule has 3 heteroatoms. The molecular formula is C13H24N2O. The smallest absolute Gasteiger partial charge is 0.0702 e. The first-order chi connectivity index (χ1) is 7.90. The van der Waals surface area contributed by atoms with Crippen molar-refractivity contribution < 1.29 is 4.74 Å². The van der Waals surface area contributed by atoms with E-state index in [9.17, 15) is 0 Å². The predicted molar refractivity (Wildman–Crippen MR) is 64.6 cm³/mol. The molecule has 16 heavy (non-hydrogen) atoms. The van der Waals surface area contributed by atoms with E-state index < -0.39 is 0 Å². The van der Waals surface area contributed by atoms with Crippen LogP contribution in [0.25, 0.3) is 0 Å². The molecule has 0 bridgehead atoms. The van der Waals surface area contributed by atoms with Crippen LogP contribution in [0.3, 0.4) is 0 Å². The number of likely N-dealkylation sites (tertiary alicyclic amines) is 1. The van der Waals surface area contributed by atoms with Crippen molar-refractivity contribution in [1.82, 2.24) is 10.2 Å². The van der Waals surface area contributed by atoms with Crippen molar-refractivity contribution in [2.24, 2.45) is 0 Å². The van der Waals surface area contributed by atoms with Gasteiger partial charge in [-0.15, -0.1) is 0 Å². The second kappa shape index (κ2) is 5.03. The highest BCUT2D eigenvalue weighted by Gasteiger charge is 2.28. The van der Waals surface area contributed by atoms with Gasteiger partial charge in [-0.2, -0.15) is 0 Å². The van der Waals surface area contributed by atoms with E-state index in [-0.39, 0.29) is 0 Å². The molecule has 2 saturated heterocycles. The zero-order valence-corrected chi connectivity index (χ0v) is 10.2. The van der Waals surface area contributed by atoms with Crippen molar-refractivity contribution in [1.29, 1.82) is 0 Å². The lowest BCUT2D eigenvalue weighted by Crippen LogP contribution is -2.45. The first-order valence-electron chi connectivity index (χ1n) is 7.00. The minimum absolute atomic E-state index is 0.535. The molecule has 1 saturated carbocycles. The summed E-state index contributed by atoms with van der Waals surface area (Å²) in [6.07, 6.45) is 8.58. The largest absolute Gasteiger partial charge is 0.377 e. The van der Waals surface area contributed by atoms with Gasteiger partial charge in [0, 0.05) is 25.2 Å². The van der Waals surface area contributed by atoms with Crippen LogP contribution in [0.5, 0.6) is 0 Å². The normalized spacial score (nSPS) is 33.4. The molecule has 0 spiro atoms. The van der Waals surface area contributed by atoms with Crippen LogP contribution in [0.4, 0.5) is 0 Å². The average Bonchev–Trinajstić information content (AvgIpc) is 2.96. The fourth-order valence-corrected chi connectivity index (χ4v) is 2.94. The molecule has 1 unspecified atom stereocenters. The van der Waals surface area contributed by atoms with Crippen LogP contribution in [0.1, 0.15) is 38.5 Å². The maximum absolute atomic E-state index is 5.70. The Morgan fingerprint density at radius 3 is 2.38 bits per heavy atom. The maximum atomic E-state index is 5.70. The Kier molecular flexibility index (Phi) is 3.46. The van der Waals surface area contributed by atoms with Crippen LogP contribution >= 0.6 is 0 Å². The van der Waals surface area contributed by atoms with Crippen molar-refractivity contribution in [2.75, 3.05) is 26.2 Å². The summed E-state index contributed by atoms with van der Waals surface area (Å²) in [5, 5.41) is 3.75. The van der Waals surface area contributed by atoms with Crippen LogP contribution in [-0.2, 0) is 4.74 Å². The third-order valence-electron chi connectivity index (χ3n) is 4.12. The molecule has 2 aliphatic heterocycles. The molecule has 3 nitrogen and oxygen atoms in total. The molecule has 0 aromatic carbocycles. The van der Waals surface area contributed by atoms with Gasteiger partial charge in [0.2, 0.25) is 0 Å². The van der Waals surface area contributed by atoms with Crippen LogP contribution in [0, 0.1) is 0 Å². The highest BCUT2D eigenvalue weighted by atomic mass is 16.5. The second-order valence-corrected chi connectivity index (χ2v) is 5.65. The minimum atomic E-state index is 0.535. The molecule has 0 radical (unpaired) electrons. The Hall–Kier alpha value is -0.120. The quantitative estimate of drug-likeness (QED) is 0.781. The van der Waals surface area contributed by atoms with Crippen LogP contribution in [0.15, 0.2) is 0 Å². The lowest BCUT2D eigenvalue weighted by molar-refractivity contribution is 0.0626. The van der Waals surface area contributed by atoms with Gasteiger partial charge in [0.05, 0.1) is 6.10 Å². The molecule has 1 N–H and O–H groups in total. The Bertz CT molecular complexity index is 216. The third kappa shape index (κ3) is 2.96. The first kappa shape index (κ1) is 11.0. The van der Waals surface area contributed by atoms with E-state index in [1.165, 1.54) is 58.2 Å². The summed E-state index contributed by atoms with van der Waals surface area (Å²) < 4.78 is 5.70. The topological polar surface area (TPSA) is 24.5 Å². The summed E-state index contributed by atoms with van der Waals surface area (Å²) in [4.78, 5) is 2.60. The summed E-state index contributed by atoms with van der Waals surface area (Å²) in [5.74, 6) is 0. The van der Waals surface area contributed by atoms with Gasteiger partial charge < -0.3 is 15.0 Å². The van der Waals surface area contributed by atoms with Gasteiger partial charge in [0.1, 0.15) is 0 Å². The van der Waals surface area contributed by atoms with Gasteiger partial charge in [-0.05, 0) is 51.6 Å². The molecule has 3 fully saturated rings. The Labute approximate surface area is 98.5 Å². The van der Waals surface area contributed by atoms with E-state index >= 15 is 0 Å².